The fourth-order valence-corrected chi connectivity index (χ4v) is 1.96. The molecule has 1 aromatic rings. The third kappa shape index (κ3) is 4.00. The summed E-state index contributed by atoms with van der Waals surface area (Å²) in [6.45, 7) is 5.71. The maximum atomic E-state index is 12.0. The lowest BCUT2D eigenvalue weighted by molar-refractivity contribution is -0.126. The molecule has 0 heterocycles. The molecule has 0 aliphatic heterocycles. The first-order chi connectivity index (χ1) is 8.36. The number of hydrogen-bond donors (Lipinski definition) is 2. The van der Waals surface area contributed by atoms with Crippen LogP contribution in [0, 0.1) is 0 Å². The van der Waals surface area contributed by atoms with Gasteiger partial charge in [-0.2, -0.15) is 0 Å². The Morgan fingerprint density at radius 2 is 2.00 bits per heavy atom. The van der Waals surface area contributed by atoms with Crippen LogP contribution in [-0.2, 0) is 4.79 Å². The zero-order valence-electron chi connectivity index (χ0n) is 11.2. The molecule has 0 bridgehead atoms. The number of carbonyl (C=O) groups is 1. The molecular weight excluding hydrogens is 248 g/mol. The Kier molecular flexibility index (Phi) is 5.17. The van der Waals surface area contributed by atoms with Crippen molar-refractivity contribution in [2.75, 3.05) is 0 Å². The highest BCUT2D eigenvalue weighted by molar-refractivity contribution is 6.30. The third-order valence-corrected chi connectivity index (χ3v) is 3.26. The smallest absolute Gasteiger partial charge is 0.240 e. The zero-order chi connectivity index (χ0) is 13.8. The summed E-state index contributed by atoms with van der Waals surface area (Å²) in [4.78, 5) is 12.0. The summed E-state index contributed by atoms with van der Waals surface area (Å²) in [5, 5.41) is 3.62. The third-order valence-electron chi connectivity index (χ3n) is 3.01. The molecule has 3 N–H and O–H groups in total. The molecule has 0 aromatic heterocycles. The van der Waals surface area contributed by atoms with E-state index in [0.717, 1.165) is 12.0 Å². The molecule has 2 atom stereocenters. The highest BCUT2D eigenvalue weighted by atomic mass is 35.5. The summed E-state index contributed by atoms with van der Waals surface area (Å²) in [6.07, 6.45) is 1.56. The topological polar surface area (TPSA) is 55.1 Å². The molecule has 0 saturated carbocycles. The van der Waals surface area contributed by atoms with E-state index in [0.29, 0.717) is 11.4 Å². The van der Waals surface area contributed by atoms with Crippen LogP contribution in [0.3, 0.4) is 0 Å². The molecule has 0 aliphatic carbocycles. The van der Waals surface area contributed by atoms with Crippen molar-refractivity contribution in [3.05, 3.63) is 34.9 Å². The number of halogens is 1. The Hall–Kier alpha value is -1.06. The number of nitrogens with two attached hydrogens (primary N) is 1. The standard InChI is InChI=1S/C14H21ClN2O/c1-4-9-14(3,16)13(18)17-10(2)11-5-7-12(15)8-6-11/h5-8,10H,4,9,16H2,1-3H3,(H,17,18)/t10-,14?/m1/s1. The van der Waals surface area contributed by atoms with E-state index >= 15 is 0 Å². The molecule has 3 nitrogen and oxygen atoms in total. The van der Waals surface area contributed by atoms with E-state index in [1.54, 1.807) is 6.92 Å². The summed E-state index contributed by atoms with van der Waals surface area (Å²) in [7, 11) is 0. The maximum absolute atomic E-state index is 12.0. The monoisotopic (exact) mass is 268 g/mol. The Balaban J connectivity index is 2.67. The van der Waals surface area contributed by atoms with Gasteiger partial charge in [0.15, 0.2) is 0 Å². The SMILES string of the molecule is CCCC(C)(N)C(=O)N[C@H](C)c1ccc(Cl)cc1. The van der Waals surface area contributed by atoms with Crippen LogP contribution in [0.5, 0.6) is 0 Å². The lowest BCUT2D eigenvalue weighted by Gasteiger charge is -2.25. The largest absolute Gasteiger partial charge is 0.348 e. The van der Waals surface area contributed by atoms with E-state index in [1.807, 2.05) is 38.1 Å². The van der Waals surface area contributed by atoms with E-state index < -0.39 is 5.54 Å². The van der Waals surface area contributed by atoms with Crippen LogP contribution in [0.2, 0.25) is 5.02 Å². The van der Waals surface area contributed by atoms with Gasteiger partial charge in [0.05, 0.1) is 11.6 Å². The number of benzene rings is 1. The van der Waals surface area contributed by atoms with Crippen molar-refractivity contribution in [1.29, 1.82) is 0 Å². The lowest BCUT2D eigenvalue weighted by Crippen LogP contribution is -2.51. The number of rotatable bonds is 5. The van der Waals surface area contributed by atoms with Crippen LogP contribution in [-0.4, -0.2) is 11.4 Å². The van der Waals surface area contributed by atoms with Crippen LogP contribution in [0.4, 0.5) is 0 Å². The van der Waals surface area contributed by atoms with E-state index in [2.05, 4.69) is 5.32 Å². The zero-order valence-corrected chi connectivity index (χ0v) is 11.9. The van der Waals surface area contributed by atoms with Gasteiger partial charge in [0.1, 0.15) is 0 Å². The van der Waals surface area contributed by atoms with Crippen LogP contribution in [0.15, 0.2) is 24.3 Å². The van der Waals surface area contributed by atoms with Gasteiger partial charge in [-0.15, -0.1) is 0 Å². The molecule has 0 spiro atoms. The van der Waals surface area contributed by atoms with Gasteiger partial charge < -0.3 is 11.1 Å². The van der Waals surface area contributed by atoms with E-state index in [9.17, 15) is 4.79 Å². The molecular formula is C14H21ClN2O. The quantitative estimate of drug-likeness (QED) is 0.862. The molecule has 100 valence electrons. The summed E-state index contributed by atoms with van der Waals surface area (Å²) >= 11 is 5.83. The van der Waals surface area contributed by atoms with Gasteiger partial charge in [-0.05, 0) is 38.0 Å². The van der Waals surface area contributed by atoms with Gasteiger partial charge in [-0.3, -0.25) is 4.79 Å². The van der Waals surface area contributed by atoms with Crippen LogP contribution in [0.25, 0.3) is 0 Å². The van der Waals surface area contributed by atoms with E-state index in [4.69, 9.17) is 17.3 Å². The molecule has 1 unspecified atom stereocenters. The van der Waals surface area contributed by atoms with Crippen molar-refractivity contribution >= 4 is 17.5 Å². The molecule has 0 radical (unpaired) electrons. The highest BCUT2D eigenvalue weighted by Gasteiger charge is 2.28. The molecule has 1 aromatic carbocycles. The maximum Gasteiger partial charge on any atom is 0.240 e. The molecule has 1 amide bonds. The van der Waals surface area contributed by atoms with E-state index in [-0.39, 0.29) is 11.9 Å². The summed E-state index contributed by atoms with van der Waals surface area (Å²) in [5.41, 5.74) is 6.19. The highest BCUT2D eigenvalue weighted by Crippen LogP contribution is 2.17. The fraction of sp³-hybridized carbons (Fsp3) is 0.500. The van der Waals surface area contributed by atoms with Gasteiger partial charge in [-0.1, -0.05) is 37.1 Å². The second kappa shape index (κ2) is 6.21. The van der Waals surface area contributed by atoms with Gasteiger partial charge >= 0.3 is 0 Å². The molecule has 4 heteroatoms. The molecule has 1 rings (SSSR count). The minimum atomic E-state index is -0.810. The second-order valence-electron chi connectivity index (χ2n) is 4.91. The van der Waals surface area contributed by atoms with Gasteiger partial charge in [-0.25, -0.2) is 0 Å². The van der Waals surface area contributed by atoms with E-state index in [1.165, 1.54) is 0 Å². The van der Waals surface area contributed by atoms with Crippen molar-refractivity contribution < 1.29 is 4.79 Å². The van der Waals surface area contributed by atoms with Crippen LogP contribution >= 0.6 is 11.6 Å². The van der Waals surface area contributed by atoms with Gasteiger partial charge in [0.2, 0.25) is 5.91 Å². The summed E-state index contributed by atoms with van der Waals surface area (Å²) in [6, 6.07) is 7.36. The first-order valence-corrected chi connectivity index (χ1v) is 6.60. The van der Waals surface area contributed by atoms with Crippen molar-refractivity contribution in [3.8, 4) is 0 Å². The van der Waals surface area contributed by atoms with Crippen molar-refractivity contribution in [3.63, 3.8) is 0 Å². The molecule has 0 fully saturated rings. The number of carbonyl (C=O) groups excluding carboxylic acids is 1. The Bertz CT molecular complexity index is 401. The first kappa shape index (κ1) is 15.0. The average Bonchev–Trinajstić information content (AvgIpc) is 2.29. The summed E-state index contributed by atoms with van der Waals surface area (Å²) in [5.74, 6) is -0.119. The van der Waals surface area contributed by atoms with Gasteiger partial charge in [0, 0.05) is 5.02 Å². The lowest BCUT2D eigenvalue weighted by atomic mass is 9.95. The van der Waals surface area contributed by atoms with Crippen LogP contribution in [0.1, 0.15) is 45.2 Å². The predicted octanol–water partition coefficient (Wildman–Crippen LogP) is 3.03. The molecule has 0 aliphatic rings. The normalized spacial score (nSPS) is 15.8. The fourth-order valence-electron chi connectivity index (χ4n) is 1.83. The van der Waals surface area contributed by atoms with Crippen molar-refractivity contribution in [1.82, 2.24) is 5.32 Å². The number of amides is 1. The number of nitrogens with one attached hydrogen (secondary N) is 1. The Labute approximate surface area is 114 Å². The first-order valence-electron chi connectivity index (χ1n) is 6.22. The van der Waals surface area contributed by atoms with Crippen LogP contribution < -0.4 is 11.1 Å². The second-order valence-corrected chi connectivity index (χ2v) is 5.35. The Morgan fingerprint density at radius 1 is 1.44 bits per heavy atom. The minimum absolute atomic E-state index is 0.0745. The summed E-state index contributed by atoms with van der Waals surface area (Å²) < 4.78 is 0. The number of hydrogen-bond acceptors (Lipinski definition) is 2. The van der Waals surface area contributed by atoms with Crippen molar-refractivity contribution in [2.24, 2.45) is 5.73 Å². The minimum Gasteiger partial charge on any atom is -0.348 e. The van der Waals surface area contributed by atoms with Gasteiger partial charge in [0.25, 0.3) is 0 Å². The molecule has 18 heavy (non-hydrogen) atoms. The average molecular weight is 269 g/mol. The predicted molar refractivity (Wildman–Crippen MR) is 75.5 cm³/mol. The molecule has 0 saturated heterocycles. The Morgan fingerprint density at radius 3 is 2.50 bits per heavy atom. The van der Waals surface area contributed by atoms with Crippen molar-refractivity contribution in [2.45, 2.75) is 45.2 Å².